The number of para-hydroxylation sites is 1. The topological polar surface area (TPSA) is 65.3 Å². The van der Waals surface area contributed by atoms with Crippen molar-refractivity contribution in [3.05, 3.63) is 64.0 Å². The highest BCUT2D eigenvalue weighted by atomic mass is 79.9. The molecule has 2 aromatic rings. The van der Waals surface area contributed by atoms with Gasteiger partial charge in [0.15, 0.2) is 0 Å². The standard InChI is InChI=1S/C14H13BrN2O3/c15-9-12-5-6-13(10-16-12)20-8-7-11-3-1-2-4-14(11)17(18)19/h1-6,10H,7-9H2. The van der Waals surface area contributed by atoms with E-state index in [0.717, 1.165) is 5.69 Å². The lowest BCUT2D eigenvalue weighted by atomic mass is 10.1. The number of nitrogens with zero attached hydrogens (tertiary/aromatic N) is 2. The molecule has 2 rings (SSSR count). The first-order chi connectivity index (χ1) is 9.70. The van der Waals surface area contributed by atoms with Gasteiger partial charge in [-0.2, -0.15) is 0 Å². The van der Waals surface area contributed by atoms with Gasteiger partial charge in [0.2, 0.25) is 0 Å². The summed E-state index contributed by atoms with van der Waals surface area (Å²) in [6, 6.07) is 10.4. The third-order valence-electron chi connectivity index (χ3n) is 2.76. The maximum atomic E-state index is 10.9. The van der Waals surface area contributed by atoms with Crippen LogP contribution in [0.15, 0.2) is 42.6 Å². The number of nitro benzene ring substituents is 1. The van der Waals surface area contributed by atoms with Gasteiger partial charge in [0.25, 0.3) is 5.69 Å². The van der Waals surface area contributed by atoms with E-state index in [0.29, 0.717) is 29.7 Å². The molecule has 0 bridgehead atoms. The van der Waals surface area contributed by atoms with Crippen molar-refractivity contribution in [1.29, 1.82) is 0 Å². The van der Waals surface area contributed by atoms with Gasteiger partial charge in [0.1, 0.15) is 5.75 Å². The first kappa shape index (κ1) is 14.5. The molecular weight excluding hydrogens is 324 g/mol. The van der Waals surface area contributed by atoms with Gasteiger partial charge in [-0.05, 0) is 12.1 Å². The summed E-state index contributed by atoms with van der Waals surface area (Å²) >= 11 is 3.32. The molecule has 1 aromatic heterocycles. The largest absolute Gasteiger partial charge is 0.492 e. The molecule has 0 saturated carbocycles. The average molecular weight is 337 g/mol. The molecule has 1 heterocycles. The number of alkyl halides is 1. The highest BCUT2D eigenvalue weighted by Crippen LogP contribution is 2.18. The van der Waals surface area contributed by atoms with E-state index in [1.807, 2.05) is 12.1 Å². The third-order valence-corrected chi connectivity index (χ3v) is 3.34. The Morgan fingerprint density at radius 2 is 2.05 bits per heavy atom. The van der Waals surface area contributed by atoms with E-state index in [-0.39, 0.29) is 10.6 Å². The van der Waals surface area contributed by atoms with Crippen LogP contribution in [-0.2, 0) is 11.8 Å². The van der Waals surface area contributed by atoms with Crippen LogP contribution in [0.5, 0.6) is 5.75 Å². The van der Waals surface area contributed by atoms with Gasteiger partial charge in [0.05, 0.1) is 23.4 Å². The van der Waals surface area contributed by atoms with Crippen molar-refractivity contribution in [3.63, 3.8) is 0 Å². The summed E-state index contributed by atoms with van der Waals surface area (Å²) in [7, 11) is 0. The van der Waals surface area contributed by atoms with Crippen LogP contribution in [0.3, 0.4) is 0 Å². The quantitative estimate of drug-likeness (QED) is 0.460. The van der Waals surface area contributed by atoms with Crippen molar-refractivity contribution in [3.8, 4) is 5.75 Å². The zero-order valence-corrected chi connectivity index (χ0v) is 12.2. The Kier molecular flexibility index (Phi) is 5.06. The van der Waals surface area contributed by atoms with Crippen molar-refractivity contribution in [2.45, 2.75) is 11.8 Å². The van der Waals surface area contributed by atoms with Crippen molar-refractivity contribution < 1.29 is 9.66 Å². The summed E-state index contributed by atoms with van der Waals surface area (Å²) in [5.74, 6) is 0.660. The molecule has 0 unspecified atom stereocenters. The monoisotopic (exact) mass is 336 g/mol. The fraction of sp³-hybridized carbons (Fsp3) is 0.214. The Balaban J connectivity index is 1.94. The molecule has 0 aliphatic rings. The highest BCUT2D eigenvalue weighted by Gasteiger charge is 2.11. The summed E-state index contributed by atoms with van der Waals surface area (Å²) in [6.45, 7) is 0.375. The molecule has 0 aliphatic heterocycles. The molecule has 5 nitrogen and oxygen atoms in total. The van der Waals surface area contributed by atoms with Crippen molar-refractivity contribution in [1.82, 2.24) is 4.98 Å². The van der Waals surface area contributed by atoms with E-state index in [1.54, 1.807) is 24.4 Å². The first-order valence-corrected chi connectivity index (χ1v) is 7.19. The zero-order valence-electron chi connectivity index (χ0n) is 10.7. The van der Waals surface area contributed by atoms with E-state index in [1.165, 1.54) is 6.07 Å². The van der Waals surface area contributed by atoms with Crippen LogP contribution in [0.1, 0.15) is 11.3 Å². The Morgan fingerprint density at radius 1 is 1.25 bits per heavy atom. The summed E-state index contributed by atoms with van der Waals surface area (Å²) < 4.78 is 5.54. The van der Waals surface area contributed by atoms with Crippen LogP contribution >= 0.6 is 15.9 Å². The summed E-state index contributed by atoms with van der Waals surface area (Å²) in [4.78, 5) is 14.7. The van der Waals surface area contributed by atoms with E-state index in [2.05, 4.69) is 20.9 Å². The van der Waals surface area contributed by atoms with Crippen LogP contribution < -0.4 is 4.74 Å². The molecule has 0 N–H and O–H groups in total. The van der Waals surface area contributed by atoms with E-state index < -0.39 is 0 Å². The molecule has 0 amide bonds. The molecule has 104 valence electrons. The van der Waals surface area contributed by atoms with Crippen molar-refractivity contribution >= 4 is 21.6 Å². The molecule has 0 radical (unpaired) electrons. The van der Waals surface area contributed by atoms with Crippen molar-refractivity contribution in [2.75, 3.05) is 6.61 Å². The van der Waals surface area contributed by atoms with Crippen LogP contribution in [-0.4, -0.2) is 16.5 Å². The van der Waals surface area contributed by atoms with E-state index in [9.17, 15) is 10.1 Å². The van der Waals surface area contributed by atoms with E-state index >= 15 is 0 Å². The maximum Gasteiger partial charge on any atom is 0.272 e. The minimum absolute atomic E-state index is 0.129. The van der Waals surface area contributed by atoms with Gasteiger partial charge in [-0.15, -0.1) is 0 Å². The summed E-state index contributed by atoms with van der Waals surface area (Å²) in [5, 5.41) is 11.6. The number of nitro groups is 1. The van der Waals surface area contributed by atoms with Gasteiger partial charge in [-0.1, -0.05) is 34.1 Å². The van der Waals surface area contributed by atoms with Gasteiger partial charge in [0, 0.05) is 23.4 Å². The van der Waals surface area contributed by atoms with Crippen molar-refractivity contribution in [2.24, 2.45) is 0 Å². The molecule has 0 fully saturated rings. The Labute approximate surface area is 124 Å². The van der Waals surface area contributed by atoms with Crippen LogP contribution in [0.4, 0.5) is 5.69 Å². The molecule has 0 atom stereocenters. The normalized spacial score (nSPS) is 10.2. The third kappa shape index (κ3) is 3.77. The average Bonchev–Trinajstić information content (AvgIpc) is 2.48. The first-order valence-electron chi connectivity index (χ1n) is 6.06. The molecule has 6 heteroatoms. The molecule has 0 saturated heterocycles. The van der Waals surface area contributed by atoms with Crippen LogP contribution in [0, 0.1) is 10.1 Å². The predicted molar refractivity (Wildman–Crippen MR) is 79.2 cm³/mol. The lowest BCUT2D eigenvalue weighted by molar-refractivity contribution is -0.385. The number of rotatable bonds is 6. The lowest BCUT2D eigenvalue weighted by Crippen LogP contribution is -2.04. The SMILES string of the molecule is O=[N+]([O-])c1ccccc1CCOc1ccc(CBr)nc1. The number of aromatic nitrogens is 1. The number of benzene rings is 1. The summed E-state index contributed by atoms with van der Waals surface area (Å²) in [5.41, 5.74) is 1.72. The minimum Gasteiger partial charge on any atom is -0.492 e. The fourth-order valence-electron chi connectivity index (χ4n) is 1.75. The van der Waals surface area contributed by atoms with Crippen LogP contribution in [0.25, 0.3) is 0 Å². The van der Waals surface area contributed by atoms with Crippen LogP contribution in [0.2, 0.25) is 0 Å². The molecular formula is C14H13BrN2O3. The highest BCUT2D eigenvalue weighted by molar-refractivity contribution is 9.08. The molecule has 1 aromatic carbocycles. The Hall–Kier alpha value is -1.95. The second-order valence-electron chi connectivity index (χ2n) is 4.10. The number of halogens is 1. The van der Waals surface area contributed by atoms with E-state index in [4.69, 9.17) is 4.74 Å². The second-order valence-corrected chi connectivity index (χ2v) is 4.66. The number of ether oxygens (including phenoxy) is 1. The molecule has 0 spiro atoms. The summed E-state index contributed by atoms with van der Waals surface area (Å²) in [6.07, 6.45) is 2.13. The number of hydrogen-bond acceptors (Lipinski definition) is 4. The molecule has 0 aliphatic carbocycles. The maximum absolute atomic E-state index is 10.9. The Morgan fingerprint density at radius 3 is 2.70 bits per heavy atom. The zero-order chi connectivity index (χ0) is 14.4. The van der Waals surface area contributed by atoms with Gasteiger partial charge < -0.3 is 4.74 Å². The number of pyridine rings is 1. The Bertz CT molecular complexity index is 587. The van der Waals surface area contributed by atoms with Gasteiger partial charge in [-0.25, -0.2) is 0 Å². The minimum atomic E-state index is -0.373. The number of hydrogen-bond donors (Lipinski definition) is 0. The second kappa shape index (κ2) is 7.00. The fourth-order valence-corrected chi connectivity index (χ4v) is 2.09. The van der Waals surface area contributed by atoms with Gasteiger partial charge >= 0.3 is 0 Å². The predicted octanol–water partition coefficient (Wildman–Crippen LogP) is 3.51. The van der Waals surface area contributed by atoms with Gasteiger partial charge in [-0.3, -0.25) is 15.1 Å². The smallest absolute Gasteiger partial charge is 0.272 e. The molecule has 20 heavy (non-hydrogen) atoms. The lowest BCUT2D eigenvalue weighted by Gasteiger charge is -2.06.